The molecule has 1 aliphatic rings. The molecular weight excluding hydrogens is 267 g/mol. The molecule has 106 valence electrons. The molecule has 2 aromatic rings. The zero-order valence-corrected chi connectivity index (χ0v) is 10.7. The van der Waals surface area contributed by atoms with Crippen LogP contribution in [0.3, 0.4) is 0 Å². The van der Waals surface area contributed by atoms with E-state index in [4.69, 9.17) is 0 Å². The maximum absolute atomic E-state index is 13.8. The van der Waals surface area contributed by atoms with Gasteiger partial charge in [0.05, 0.1) is 6.20 Å². The van der Waals surface area contributed by atoms with Gasteiger partial charge in [-0.15, -0.1) is 0 Å². The fraction of sp³-hybridized carbons (Fsp3) is 0.357. The first-order valence-corrected chi connectivity index (χ1v) is 6.48. The summed E-state index contributed by atoms with van der Waals surface area (Å²) >= 11 is 0. The van der Waals surface area contributed by atoms with Crippen LogP contribution in [0.1, 0.15) is 25.0 Å². The third kappa shape index (κ3) is 2.85. The van der Waals surface area contributed by atoms with Gasteiger partial charge in [0.1, 0.15) is 5.82 Å². The van der Waals surface area contributed by atoms with Crippen molar-refractivity contribution in [3.63, 3.8) is 0 Å². The molecule has 1 aromatic heterocycles. The lowest BCUT2D eigenvalue weighted by Crippen LogP contribution is -2.15. The zero-order chi connectivity index (χ0) is 14.1. The Bertz CT molecular complexity index is 605. The Labute approximate surface area is 114 Å². The number of aromatic nitrogens is 2. The molecule has 0 spiro atoms. The second kappa shape index (κ2) is 5.28. The van der Waals surface area contributed by atoms with Crippen LogP contribution >= 0.6 is 0 Å². The van der Waals surface area contributed by atoms with Gasteiger partial charge in [-0.1, -0.05) is 6.07 Å². The molecule has 1 aromatic carbocycles. The molecular formula is C14H14F3N3. The van der Waals surface area contributed by atoms with Crippen molar-refractivity contribution >= 4 is 0 Å². The Morgan fingerprint density at radius 3 is 2.80 bits per heavy atom. The van der Waals surface area contributed by atoms with E-state index in [1.807, 2.05) is 0 Å². The summed E-state index contributed by atoms with van der Waals surface area (Å²) in [5, 5.41) is 6.86. The summed E-state index contributed by atoms with van der Waals surface area (Å²) in [6.07, 6.45) is 4.76. The fourth-order valence-corrected chi connectivity index (χ4v) is 2.04. The second-order valence-electron chi connectivity index (χ2n) is 4.96. The van der Waals surface area contributed by atoms with Crippen LogP contribution < -0.4 is 5.32 Å². The minimum Gasteiger partial charge on any atom is -0.310 e. The van der Waals surface area contributed by atoms with E-state index in [9.17, 15) is 13.2 Å². The summed E-state index contributed by atoms with van der Waals surface area (Å²) in [5.41, 5.74) is 1.58. The number of nitrogens with one attached hydrogen (secondary N) is 1. The predicted molar refractivity (Wildman–Crippen MR) is 68.7 cm³/mol. The Morgan fingerprint density at radius 2 is 2.15 bits per heavy atom. The van der Waals surface area contributed by atoms with E-state index in [-0.39, 0.29) is 0 Å². The zero-order valence-electron chi connectivity index (χ0n) is 10.7. The third-order valence-corrected chi connectivity index (χ3v) is 3.32. The van der Waals surface area contributed by atoms with Crippen molar-refractivity contribution in [2.45, 2.75) is 32.0 Å². The predicted octanol–water partition coefficient (Wildman–Crippen LogP) is 3.34. The van der Waals surface area contributed by atoms with Gasteiger partial charge in [0.15, 0.2) is 0 Å². The SMILES string of the molecule is Fc1ccc(CNC2CC2)cc1-c1cnn(C(F)F)c1. The molecule has 0 amide bonds. The first kappa shape index (κ1) is 13.2. The Morgan fingerprint density at radius 1 is 1.35 bits per heavy atom. The van der Waals surface area contributed by atoms with Crippen LogP contribution in [0.2, 0.25) is 0 Å². The summed E-state index contributed by atoms with van der Waals surface area (Å²) in [6, 6.07) is 5.30. The van der Waals surface area contributed by atoms with E-state index < -0.39 is 12.4 Å². The van der Waals surface area contributed by atoms with E-state index in [0.717, 1.165) is 11.8 Å². The summed E-state index contributed by atoms with van der Waals surface area (Å²) < 4.78 is 39.3. The molecule has 0 radical (unpaired) electrons. The van der Waals surface area contributed by atoms with Crippen LogP contribution in [0.15, 0.2) is 30.6 Å². The molecule has 1 saturated carbocycles. The van der Waals surface area contributed by atoms with Gasteiger partial charge in [-0.25, -0.2) is 9.07 Å². The smallest absolute Gasteiger partial charge is 0.310 e. The van der Waals surface area contributed by atoms with Crippen molar-refractivity contribution in [1.29, 1.82) is 0 Å². The Balaban J connectivity index is 1.83. The van der Waals surface area contributed by atoms with Crippen molar-refractivity contribution in [2.75, 3.05) is 0 Å². The molecule has 0 saturated heterocycles. The van der Waals surface area contributed by atoms with Crippen LogP contribution in [0.25, 0.3) is 11.1 Å². The van der Waals surface area contributed by atoms with E-state index in [1.165, 1.54) is 25.1 Å². The molecule has 0 atom stereocenters. The highest BCUT2D eigenvalue weighted by Crippen LogP contribution is 2.26. The van der Waals surface area contributed by atoms with E-state index in [1.54, 1.807) is 12.1 Å². The molecule has 0 aliphatic heterocycles. The molecule has 6 heteroatoms. The molecule has 1 aliphatic carbocycles. The number of hydrogen-bond donors (Lipinski definition) is 1. The first-order chi connectivity index (χ1) is 9.63. The molecule has 20 heavy (non-hydrogen) atoms. The van der Waals surface area contributed by atoms with Gasteiger partial charge in [0.25, 0.3) is 0 Å². The lowest BCUT2D eigenvalue weighted by atomic mass is 10.1. The fourth-order valence-electron chi connectivity index (χ4n) is 2.04. The third-order valence-electron chi connectivity index (χ3n) is 3.32. The van der Waals surface area contributed by atoms with Gasteiger partial charge in [-0.2, -0.15) is 13.9 Å². The van der Waals surface area contributed by atoms with E-state index >= 15 is 0 Å². The number of alkyl halides is 2. The first-order valence-electron chi connectivity index (χ1n) is 6.48. The van der Waals surface area contributed by atoms with Gasteiger partial charge in [-0.05, 0) is 30.5 Å². The van der Waals surface area contributed by atoms with E-state index in [0.29, 0.717) is 28.4 Å². The highest BCUT2D eigenvalue weighted by atomic mass is 19.3. The van der Waals surface area contributed by atoms with Gasteiger partial charge < -0.3 is 5.32 Å². The Hall–Kier alpha value is -1.82. The number of hydrogen-bond acceptors (Lipinski definition) is 2. The van der Waals surface area contributed by atoms with Crippen LogP contribution in [0.4, 0.5) is 13.2 Å². The highest BCUT2D eigenvalue weighted by molar-refractivity contribution is 5.63. The molecule has 1 fully saturated rings. The maximum atomic E-state index is 13.8. The average molecular weight is 281 g/mol. The van der Waals surface area contributed by atoms with Gasteiger partial charge >= 0.3 is 6.55 Å². The average Bonchev–Trinajstić information content (AvgIpc) is 3.12. The monoisotopic (exact) mass is 281 g/mol. The lowest BCUT2D eigenvalue weighted by Gasteiger charge is -2.06. The molecule has 0 bridgehead atoms. The topological polar surface area (TPSA) is 29.9 Å². The van der Waals surface area contributed by atoms with Crippen LogP contribution in [0, 0.1) is 5.82 Å². The van der Waals surface area contributed by atoms with Crippen LogP contribution in [-0.4, -0.2) is 15.8 Å². The summed E-state index contributed by atoms with van der Waals surface area (Å²) in [6.45, 7) is -2.06. The highest BCUT2D eigenvalue weighted by Gasteiger charge is 2.20. The summed E-state index contributed by atoms with van der Waals surface area (Å²) in [7, 11) is 0. The summed E-state index contributed by atoms with van der Waals surface area (Å²) in [5.74, 6) is -0.436. The molecule has 3 rings (SSSR count). The van der Waals surface area contributed by atoms with Crippen molar-refractivity contribution in [3.8, 4) is 11.1 Å². The number of halogens is 3. The van der Waals surface area contributed by atoms with Crippen LogP contribution in [-0.2, 0) is 6.54 Å². The van der Waals surface area contributed by atoms with E-state index in [2.05, 4.69) is 10.4 Å². The van der Waals surface area contributed by atoms with Crippen molar-refractivity contribution in [1.82, 2.24) is 15.1 Å². The number of rotatable bonds is 5. The minimum absolute atomic E-state index is 0.298. The minimum atomic E-state index is -2.72. The van der Waals surface area contributed by atoms with Crippen LogP contribution in [0.5, 0.6) is 0 Å². The van der Waals surface area contributed by atoms with Gasteiger partial charge in [-0.3, -0.25) is 0 Å². The molecule has 1 heterocycles. The van der Waals surface area contributed by atoms with Crippen molar-refractivity contribution in [2.24, 2.45) is 0 Å². The van der Waals surface area contributed by atoms with Crippen molar-refractivity contribution in [3.05, 3.63) is 42.0 Å². The molecule has 1 N–H and O–H groups in total. The number of benzene rings is 1. The lowest BCUT2D eigenvalue weighted by molar-refractivity contribution is 0.0566. The molecule has 3 nitrogen and oxygen atoms in total. The molecule has 0 unspecified atom stereocenters. The van der Waals surface area contributed by atoms with Gasteiger partial charge in [0.2, 0.25) is 0 Å². The maximum Gasteiger partial charge on any atom is 0.333 e. The largest absolute Gasteiger partial charge is 0.333 e. The number of nitrogens with zero attached hydrogens (tertiary/aromatic N) is 2. The quantitative estimate of drug-likeness (QED) is 0.911. The Kier molecular flexibility index (Phi) is 3.48. The van der Waals surface area contributed by atoms with Gasteiger partial charge in [0, 0.05) is 29.9 Å². The summed E-state index contributed by atoms with van der Waals surface area (Å²) in [4.78, 5) is 0. The second-order valence-corrected chi connectivity index (χ2v) is 4.96. The normalized spacial score (nSPS) is 15.0. The standard InChI is InChI=1S/C14H14F3N3/c15-13-4-1-9(6-18-11-2-3-11)5-12(13)10-7-19-20(8-10)14(16)17/h1,4-5,7-8,11,14,18H,2-3,6H2. The van der Waals surface area contributed by atoms with Crippen molar-refractivity contribution < 1.29 is 13.2 Å².